The highest BCUT2D eigenvalue weighted by Crippen LogP contribution is 2.30. The number of benzene rings is 1. The van der Waals surface area contributed by atoms with E-state index in [1.54, 1.807) is 11.7 Å². The van der Waals surface area contributed by atoms with Gasteiger partial charge in [0.2, 0.25) is 5.91 Å². The van der Waals surface area contributed by atoms with Crippen LogP contribution in [0.3, 0.4) is 0 Å². The number of unbranched alkanes of at least 4 members (excludes halogenated alkanes) is 1. The molecule has 1 aliphatic rings. The van der Waals surface area contributed by atoms with E-state index in [2.05, 4.69) is 17.1 Å². The van der Waals surface area contributed by atoms with E-state index in [4.69, 9.17) is 4.74 Å². The number of aromatic amines is 1. The molecule has 146 valence electrons. The van der Waals surface area contributed by atoms with Crippen LogP contribution in [0.1, 0.15) is 38.2 Å². The molecule has 0 bridgehead atoms. The molecule has 27 heavy (non-hydrogen) atoms. The summed E-state index contributed by atoms with van der Waals surface area (Å²) in [7, 11) is 1.64. The van der Waals surface area contributed by atoms with Crippen molar-refractivity contribution in [1.29, 1.82) is 0 Å². The fourth-order valence-electron chi connectivity index (χ4n) is 2.87. The lowest BCUT2D eigenvalue weighted by Crippen LogP contribution is -2.34. The number of hydrogen-bond donors (Lipinski definition) is 1. The normalized spacial score (nSPS) is 13.6. The third-order valence-electron chi connectivity index (χ3n) is 4.60. The first-order valence-corrected chi connectivity index (χ1v) is 10.3. The third-order valence-corrected chi connectivity index (χ3v) is 5.56. The first kappa shape index (κ1) is 19.5. The molecule has 3 rings (SSSR count). The molecule has 7 nitrogen and oxygen atoms in total. The molecular weight excluding hydrogens is 364 g/mol. The molecule has 1 heterocycles. The predicted molar refractivity (Wildman–Crippen MR) is 105 cm³/mol. The molecule has 0 spiro atoms. The number of hydrogen-bond acceptors (Lipinski definition) is 5. The summed E-state index contributed by atoms with van der Waals surface area (Å²) in [5.41, 5.74) is 0.872. The lowest BCUT2D eigenvalue weighted by Gasteiger charge is -2.22. The van der Waals surface area contributed by atoms with E-state index in [1.807, 2.05) is 29.2 Å². The minimum Gasteiger partial charge on any atom is -0.497 e. The van der Waals surface area contributed by atoms with Crippen LogP contribution in [0.25, 0.3) is 0 Å². The zero-order valence-electron chi connectivity index (χ0n) is 15.8. The van der Waals surface area contributed by atoms with Crippen molar-refractivity contribution in [3.63, 3.8) is 0 Å². The first-order chi connectivity index (χ1) is 13.1. The van der Waals surface area contributed by atoms with Crippen LogP contribution in [-0.4, -0.2) is 44.5 Å². The van der Waals surface area contributed by atoms with E-state index < -0.39 is 0 Å². The summed E-state index contributed by atoms with van der Waals surface area (Å²) in [5.74, 6) is 1.17. The van der Waals surface area contributed by atoms with E-state index >= 15 is 0 Å². The number of nitrogens with zero attached hydrogens (tertiary/aromatic N) is 3. The minimum atomic E-state index is -0.212. The van der Waals surface area contributed by atoms with Gasteiger partial charge in [0.15, 0.2) is 5.16 Å². The Balaban J connectivity index is 1.61. The molecule has 1 aromatic heterocycles. The smallest absolute Gasteiger partial charge is 0.343 e. The van der Waals surface area contributed by atoms with Crippen molar-refractivity contribution in [2.45, 2.75) is 56.9 Å². The first-order valence-electron chi connectivity index (χ1n) is 9.32. The van der Waals surface area contributed by atoms with Gasteiger partial charge >= 0.3 is 5.69 Å². The Bertz CT molecular complexity index is 811. The van der Waals surface area contributed by atoms with Gasteiger partial charge in [-0.05, 0) is 37.0 Å². The van der Waals surface area contributed by atoms with Gasteiger partial charge in [0.1, 0.15) is 5.75 Å². The molecule has 1 N–H and O–H groups in total. The van der Waals surface area contributed by atoms with E-state index in [-0.39, 0.29) is 17.3 Å². The topological polar surface area (TPSA) is 80.2 Å². The lowest BCUT2D eigenvalue weighted by atomic mass is 10.2. The molecule has 1 aromatic carbocycles. The zero-order valence-corrected chi connectivity index (χ0v) is 16.6. The van der Waals surface area contributed by atoms with E-state index in [1.165, 1.54) is 11.8 Å². The second-order valence-electron chi connectivity index (χ2n) is 6.71. The van der Waals surface area contributed by atoms with Crippen molar-refractivity contribution < 1.29 is 9.53 Å². The average molecular weight is 391 g/mol. The van der Waals surface area contributed by atoms with Gasteiger partial charge in [0, 0.05) is 19.1 Å². The Kier molecular flexibility index (Phi) is 6.60. The highest BCUT2D eigenvalue weighted by atomic mass is 32.2. The Labute approximate surface area is 163 Å². The molecule has 0 aliphatic heterocycles. The van der Waals surface area contributed by atoms with E-state index in [9.17, 15) is 9.59 Å². The van der Waals surface area contributed by atoms with Gasteiger partial charge in [-0.15, -0.1) is 5.10 Å². The van der Waals surface area contributed by atoms with Crippen LogP contribution < -0.4 is 10.4 Å². The molecule has 0 saturated heterocycles. The van der Waals surface area contributed by atoms with Gasteiger partial charge in [-0.3, -0.25) is 9.36 Å². The monoisotopic (exact) mass is 390 g/mol. The van der Waals surface area contributed by atoms with Crippen LogP contribution in [0.15, 0.2) is 34.2 Å². The summed E-state index contributed by atoms with van der Waals surface area (Å²) in [6.45, 7) is 3.30. The van der Waals surface area contributed by atoms with Crippen molar-refractivity contribution in [2.75, 3.05) is 12.9 Å². The number of amides is 1. The molecule has 1 fully saturated rings. The van der Waals surface area contributed by atoms with Crippen molar-refractivity contribution in [2.24, 2.45) is 0 Å². The van der Waals surface area contributed by atoms with Crippen LogP contribution in [0, 0.1) is 0 Å². The van der Waals surface area contributed by atoms with Crippen LogP contribution in [-0.2, 0) is 17.9 Å². The molecule has 1 amide bonds. The van der Waals surface area contributed by atoms with E-state index in [0.717, 1.165) is 37.0 Å². The summed E-state index contributed by atoms with van der Waals surface area (Å²) in [6, 6.07) is 8.13. The quantitative estimate of drug-likeness (QED) is 0.631. The Morgan fingerprint density at radius 2 is 2.11 bits per heavy atom. The summed E-state index contributed by atoms with van der Waals surface area (Å²) in [6.07, 6.45) is 4.01. The van der Waals surface area contributed by atoms with Crippen LogP contribution in [0.5, 0.6) is 5.75 Å². The molecule has 1 saturated carbocycles. The van der Waals surface area contributed by atoms with Gasteiger partial charge in [-0.25, -0.2) is 9.89 Å². The molecule has 0 atom stereocenters. The summed E-state index contributed by atoms with van der Waals surface area (Å²) in [4.78, 5) is 26.6. The van der Waals surface area contributed by atoms with Gasteiger partial charge in [-0.2, -0.15) is 0 Å². The van der Waals surface area contributed by atoms with Crippen LogP contribution in [0.4, 0.5) is 0 Å². The van der Waals surface area contributed by atoms with Gasteiger partial charge in [0.05, 0.1) is 12.9 Å². The highest BCUT2D eigenvalue weighted by Gasteiger charge is 2.32. The Morgan fingerprint density at radius 3 is 2.74 bits per heavy atom. The SMILES string of the molecule is CCCCn1c(SCC(=O)N(Cc2ccc(OC)cc2)C2CC2)n[nH]c1=O. The number of H-pyrrole nitrogens is 1. The number of ether oxygens (including phenoxy) is 1. The predicted octanol–water partition coefficient (Wildman–Crippen LogP) is 2.66. The van der Waals surface area contributed by atoms with Crippen LogP contribution >= 0.6 is 11.8 Å². The third kappa shape index (κ3) is 5.15. The maximum Gasteiger partial charge on any atom is 0.343 e. The summed E-state index contributed by atoms with van der Waals surface area (Å²) >= 11 is 1.33. The van der Waals surface area contributed by atoms with Crippen molar-refractivity contribution >= 4 is 17.7 Å². The number of aromatic nitrogens is 3. The molecule has 8 heteroatoms. The second-order valence-corrected chi connectivity index (χ2v) is 7.65. The second kappa shape index (κ2) is 9.12. The van der Waals surface area contributed by atoms with Crippen LogP contribution in [0.2, 0.25) is 0 Å². The maximum atomic E-state index is 12.8. The van der Waals surface area contributed by atoms with Gasteiger partial charge in [0.25, 0.3) is 0 Å². The number of carbonyl (C=O) groups is 1. The summed E-state index contributed by atoms with van der Waals surface area (Å²) in [5, 5.41) is 7.14. The van der Waals surface area contributed by atoms with Crippen molar-refractivity contribution in [3.05, 3.63) is 40.3 Å². The lowest BCUT2D eigenvalue weighted by molar-refractivity contribution is -0.129. The summed E-state index contributed by atoms with van der Waals surface area (Å²) < 4.78 is 6.81. The van der Waals surface area contributed by atoms with Gasteiger partial charge < -0.3 is 9.64 Å². The molecule has 1 aliphatic carbocycles. The largest absolute Gasteiger partial charge is 0.497 e. The van der Waals surface area contributed by atoms with E-state index in [0.29, 0.717) is 24.3 Å². The average Bonchev–Trinajstić information content (AvgIpc) is 3.47. The zero-order chi connectivity index (χ0) is 19.2. The molecule has 0 radical (unpaired) electrons. The fraction of sp³-hybridized carbons (Fsp3) is 0.526. The van der Waals surface area contributed by atoms with Crippen molar-refractivity contribution in [1.82, 2.24) is 19.7 Å². The van der Waals surface area contributed by atoms with Crippen molar-refractivity contribution in [3.8, 4) is 5.75 Å². The highest BCUT2D eigenvalue weighted by molar-refractivity contribution is 7.99. The maximum absolute atomic E-state index is 12.8. The standard InChI is InChI=1S/C19H26N4O3S/c1-3-4-11-22-18(25)20-21-19(22)27-13-17(24)23(15-7-8-15)12-14-5-9-16(26-2)10-6-14/h5-6,9-10,15H,3-4,7-8,11-13H2,1-2H3,(H,20,25). The minimum absolute atomic E-state index is 0.0795. The number of methoxy groups -OCH3 is 1. The number of carbonyl (C=O) groups excluding carboxylic acids is 1. The van der Waals surface area contributed by atoms with Gasteiger partial charge in [-0.1, -0.05) is 37.2 Å². The number of nitrogens with one attached hydrogen (secondary N) is 1. The molecular formula is C19H26N4O3S. The molecule has 2 aromatic rings. The molecule has 0 unspecified atom stereocenters. The Hall–Kier alpha value is -2.22. The number of thioether (sulfide) groups is 1. The number of rotatable bonds is 10. The Morgan fingerprint density at radius 1 is 1.37 bits per heavy atom. The fourth-order valence-corrected chi connectivity index (χ4v) is 3.73.